The fourth-order valence-electron chi connectivity index (χ4n) is 2.64. The Kier molecular flexibility index (Phi) is 6.73. The number of carbonyl (C=O) groups excluding carboxylic acids is 1. The molecule has 4 aromatic rings. The number of benzene rings is 2. The highest BCUT2D eigenvalue weighted by Gasteiger charge is 2.21. The fourth-order valence-corrected chi connectivity index (χ4v) is 5.08. The molecule has 0 fully saturated rings. The number of carbonyl (C=O) groups is 1. The van der Waals surface area contributed by atoms with E-state index in [2.05, 4.69) is 15.2 Å². The molecule has 0 aliphatic rings. The van der Waals surface area contributed by atoms with Crippen molar-refractivity contribution in [1.82, 2.24) is 15.2 Å². The molecule has 2 aromatic heterocycles. The number of aromatic nitrogens is 3. The Balaban J connectivity index is 1.60. The van der Waals surface area contributed by atoms with Crippen molar-refractivity contribution in [1.29, 1.82) is 0 Å². The van der Waals surface area contributed by atoms with Crippen LogP contribution in [0.25, 0.3) is 11.3 Å². The van der Waals surface area contributed by atoms with Crippen LogP contribution in [0, 0.1) is 5.82 Å². The van der Waals surface area contributed by atoms with Crippen molar-refractivity contribution in [3.63, 3.8) is 0 Å². The third kappa shape index (κ3) is 5.04. The number of thioether (sulfide) groups is 1. The van der Waals surface area contributed by atoms with Crippen molar-refractivity contribution in [3.8, 4) is 11.3 Å². The largest absolute Gasteiger partial charge is 0.283 e. The van der Waals surface area contributed by atoms with Gasteiger partial charge in [-0.25, -0.2) is 9.37 Å². The van der Waals surface area contributed by atoms with Crippen molar-refractivity contribution in [3.05, 3.63) is 75.8 Å². The minimum atomic E-state index is -0.321. The molecule has 0 saturated heterocycles. The third-order valence-corrected chi connectivity index (χ3v) is 7.13. The highest BCUT2D eigenvalue weighted by molar-refractivity contribution is 8.01. The summed E-state index contributed by atoms with van der Waals surface area (Å²) in [6.07, 6.45) is 0. The maximum Gasteiger partial charge on any atom is 0.239 e. The molecule has 0 saturated carbocycles. The highest BCUT2D eigenvalue weighted by Crippen LogP contribution is 2.33. The van der Waals surface area contributed by atoms with E-state index < -0.39 is 0 Å². The maximum atomic E-state index is 13.3. The first-order valence-electron chi connectivity index (χ1n) is 8.74. The molecule has 0 aliphatic carbocycles. The highest BCUT2D eigenvalue weighted by atomic mass is 35.5. The SMILES string of the molecule is O=C(CSc1nncs1)N(Cc1ccc(F)cc1)c1nc(-c2ccccc2Cl)cs1. The lowest BCUT2D eigenvalue weighted by atomic mass is 10.2. The average molecular weight is 477 g/mol. The topological polar surface area (TPSA) is 59.0 Å². The van der Waals surface area contributed by atoms with Crippen molar-refractivity contribution in [2.45, 2.75) is 10.9 Å². The molecule has 10 heteroatoms. The van der Waals surface area contributed by atoms with Gasteiger partial charge >= 0.3 is 0 Å². The van der Waals surface area contributed by atoms with Gasteiger partial charge in [0.1, 0.15) is 11.3 Å². The number of anilines is 1. The molecule has 2 aromatic carbocycles. The van der Waals surface area contributed by atoms with Crippen LogP contribution in [0.5, 0.6) is 0 Å². The van der Waals surface area contributed by atoms with E-state index in [9.17, 15) is 9.18 Å². The normalized spacial score (nSPS) is 10.9. The van der Waals surface area contributed by atoms with Crippen LogP contribution in [0.4, 0.5) is 9.52 Å². The minimum absolute atomic E-state index is 0.125. The minimum Gasteiger partial charge on any atom is -0.283 e. The van der Waals surface area contributed by atoms with Gasteiger partial charge in [-0.05, 0) is 23.8 Å². The first-order valence-corrected chi connectivity index (χ1v) is 11.9. The molecule has 30 heavy (non-hydrogen) atoms. The summed E-state index contributed by atoms with van der Waals surface area (Å²) >= 11 is 10.4. The van der Waals surface area contributed by atoms with Crippen LogP contribution in [0.15, 0.2) is 63.8 Å². The van der Waals surface area contributed by atoms with Crippen molar-refractivity contribution in [2.24, 2.45) is 0 Å². The molecule has 4 rings (SSSR count). The Morgan fingerprint density at radius 1 is 1.13 bits per heavy atom. The lowest BCUT2D eigenvalue weighted by molar-refractivity contribution is -0.116. The fraction of sp³-hybridized carbons (Fsp3) is 0.100. The van der Waals surface area contributed by atoms with Gasteiger partial charge in [0.25, 0.3) is 0 Å². The zero-order chi connectivity index (χ0) is 20.9. The van der Waals surface area contributed by atoms with E-state index in [0.29, 0.717) is 15.8 Å². The molecule has 0 unspecified atom stereocenters. The van der Waals surface area contributed by atoms with E-state index in [1.165, 1.54) is 46.6 Å². The van der Waals surface area contributed by atoms with Crippen LogP contribution in [-0.4, -0.2) is 26.8 Å². The molecular formula is C20H14ClFN4OS3. The molecule has 0 aliphatic heterocycles. The van der Waals surface area contributed by atoms with Gasteiger partial charge in [-0.3, -0.25) is 9.69 Å². The van der Waals surface area contributed by atoms with Gasteiger partial charge in [0, 0.05) is 16.0 Å². The van der Waals surface area contributed by atoms with Crippen LogP contribution in [0.3, 0.4) is 0 Å². The molecular weight excluding hydrogens is 463 g/mol. The van der Waals surface area contributed by atoms with Gasteiger partial charge in [-0.15, -0.1) is 21.5 Å². The standard InChI is InChI=1S/C20H14ClFN4OS3/c21-16-4-2-1-3-15(16)17-10-28-19(24-17)26(9-13-5-7-14(22)8-6-13)18(27)11-29-20-25-23-12-30-20/h1-8,10,12H,9,11H2. The molecule has 2 heterocycles. The number of hydrogen-bond acceptors (Lipinski definition) is 7. The van der Waals surface area contributed by atoms with E-state index in [1.807, 2.05) is 23.6 Å². The zero-order valence-electron chi connectivity index (χ0n) is 15.4. The van der Waals surface area contributed by atoms with Gasteiger partial charge in [-0.2, -0.15) is 0 Å². The number of halogens is 2. The Morgan fingerprint density at radius 3 is 2.67 bits per heavy atom. The van der Waals surface area contributed by atoms with Crippen molar-refractivity contribution < 1.29 is 9.18 Å². The summed E-state index contributed by atoms with van der Waals surface area (Å²) in [5, 5.41) is 10.8. The van der Waals surface area contributed by atoms with Crippen LogP contribution in [-0.2, 0) is 11.3 Å². The van der Waals surface area contributed by atoms with E-state index in [-0.39, 0.29) is 24.0 Å². The molecule has 0 spiro atoms. The summed E-state index contributed by atoms with van der Waals surface area (Å²) in [5.74, 6) is -0.254. The number of nitrogens with zero attached hydrogens (tertiary/aromatic N) is 4. The van der Waals surface area contributed by atoms with E-state index in [0.717, 1.165) is 15.5 Å². The maximum absolute atomic E-state index is 13.3. The Hall–Kier alpha value is -2.33. The van der Waals surface area contributed by atoms with E-state index in [4.69, 9.17) is 11.6 Å². The van der Waals surface area contributed by atoms with E-state index in [1.54, 1.807) is 28.6 Å². The predicted octanol–water partition coefficient (Wildman–Crippen LogP) is 5.78. The van der Waals surface area contributed by atoms with E-state index >= 15 is 0 Å². The second-order valence-electron chi connectivity index (χ2n) is 6.09. The number of amides is 1. The predicted molar refractivity (Wildman–Crippen MR) is 121 cm³/mol. The van der Waals surface area contributed by atoms with Crippen LogP contribution in [0.1, 0.15) is 5.56 Å². The summed E-state index contributed by atoms with van der Waals surface area (Å²) in [5.41, 5.74) is 3.94. The lowest BCUT2D eigenvalue weighted by Crippen LogP contribution is -2.31. The molecule has 0 bridgehead atoms. The summed E-state index contributed by atoms with van der Waals surface area (Å²) in [7, 11) is 0. The molecule has 0 atom stereocenters. The molecule has 0 N–H and O–H groups in total. The number of rotatable bonds is 7. The average Bonchev–Trinajstić information content (AvgIpc) is 3.44. The van der Waals surface area contributed by atoms with Gasteiger partial charge in [0.2, 0.25) is 5.91 Å². The summed E-state index contributed by atoms with van der Waals surface area (Å²) < 4.78 is 14.0. The monoisotopic (exact) mass is 476 g/mol. The zero-order valence-corrected chi connectivity index (χ0v) is 18.6. The van der Waals surface area contributed by atoms with Gasteiger partial charge in [0.15, 0.2) is 9.47 Å². The van der Waals surface area contributed by atoms with Gasteiger partial charge < -0.3 is 0 Å². The second-order valence-corrected chi connectivity index (χ2v) is 9.39. The third-order valence-electron chi connectivity index (χ3n) is 4.09. The Labute approximate surface area is 189 Å². The first kappa shape index (κ1) is 20.9. The molecule has 152 valence electrons. The smallest absolute Gasteiger partial charge is 0.239 e. The van der Waals surface area contributed by atoms with Gasteiger partial charge in [0.05, 0.1) is 18.0 Å². The summed E-state index contributed by atoms with van der Waals surface area (Å²) in [6, 6.07) is 13.5. The lowest BCUT2D eigenvalue weighted by Gasteiger charge is -2.19. The Morgan fingerprint density at radius 2 is 1.93 bits per heavy atom. The molecule has 0 radical (unpaired) electrons. The van der Waals surface area contributed by atoms with Crippen molar-refractivity contribution in [2.75, 3.05) is 10.7 Å². The second kappa shape index (κ2) is 9.65. The van der Waals surface area contributed by atoms with Crippen LogP contribution < -0.4 is 4.90 Å². The molecule has 1 amide bonds. The first-order chi connectivity index (χ1) is 14.6. The summed E-state index contributed by atoms with van der Waals surface area (Å²) in [6.45, 7) is 0.283. The van der Waals surface area contributed by atoms with Crippen LogP contribution >= 0.6 is 46.0 Å². The Bertz CT molecular complexity index is 1140. The quantitative estimate of drug-likeness (QED) is 0.316. The molecule has 5 nitrogen and oxygen atoms in total. The van der Waals surface area contributed by atoms with Gasteiger partial charge in [-0.1, -0.05) is 65.0 Å². The number of thiazole rings is 1. The van der Waals surface area contributed by atoms with Crippen LogP contribution in [0.2, 0.25) is 5.02 Å². The summed E-state index contributed by atoms with van der Waals surface area (Å²) in [4.78, 5) is 19.3. The number of hydrogen-bond donors (Lipinski definition) is 0. The van der Waals surface area contributed by atoms with Crippen molar-refractivity contribution >= 4 is 57.1 Å².